The number of rotatable bonds is 7. The monoisotopic (exact) mass is 615 g/mol. The maximum absolute atomic E-state index is 13.4. The average Bonchev–Trinajstić information content (AvgIpc) is 3.65. The quantitative estimate of drug-likeness (QED) is 0.239. The van der Waals surface area contributed by atoms with Crippen molar-refractivity contribution in [1.82, 2.24) is 19.4 Å². The van der Waals surface area contributed by atoms with Crippen molar-refractivity contribution in [2.45, 2.75) is 51.5 Å². The van der Waals surface area contributed by atoms with Gasteiger partial charge in [0.25, 0.3) is 5.91 Å². The van der Waals surface area contributed by atoms with E-state index in [0.717, 1.165) is 69.4 Å². The van der Waals surface area contributed by atoms with Crippen molar-refractivity contribution in [1.29, 1.82) is 0 Å². The Morgan fingerprint density at radius 3 is 2.59 bits per heavy atom. The molecule has 3 heterocycles. The van der Waals surface area contributed by atoms with Gasteiger partial charge in [0.2, 0.25) is 0 Å². The SMILES string of the molecule is COC(=O)C12CCC(CCN3CCc4c(nc(C(=O)Nc5cccc(-c6ccnc(Cl)c6Cl)c5Cl)n4C)C3)(CC1)C2. The Bertz CT molecular complexity index is 1530. The predicted molar refractivity (Wildman–Crippen MR) is 159 cm³/mol. The van der Waals surface area contributed by atoms with Crippen molar-refractivity contribution in [3.05, 3.63) is 62.9 Å². The minimum atomic E-state index is -0.332. The first-order chi connectivity index (χ1) is 19.7. The van der Waals surface area contributed by atoms with Crippen molar-refractivity contribution < 1.29 is 14.3 Å². The van der Waals surface area contributed by atoms with E-state index in [9.17, 15) is 9.59 Å². The van der Waals surface area contributed by atoms with E-state index >= 15 is 0 Å². The predicted octanol–water partition coefficient (Wildman–Crippen LogP) is 6.57. The second-order valence-electron chi connectivity index (χ2n) is 11.7. The van der Waals surface area contributed by atoms with Crippen LogP contribution in [0.15, 0.2) is 30.5 Å². The lowest BCUT2D eigenvalue weighted by atomic mass is 9.80. The second kappa shape index (κ2) is 10.9. The number of halogens is 3. The number of imidazole rings is 1. The third-order valence-corrected chi connectivity index (χ3v) is 10.7. The number of ether oxygens (including phenoxy) is 1. The summed E-state index contributed by atoms with van der Waals surface area (Å²) >= 11 is 19.2. The Morgan fingerprint density at radius 1 is 1.07 bits per heavy atom. The number of fused-ring (bicyclic) bond motifs is 3. The van der Waals surface area contributed by atoms with Crippen LogP contribution in [0.25, 0.3) is 11.1 Å². The largest absolute Gasteiger partial charge is 0.469 e. The van der Waals surface area contributed by atoms with Crippen molar-refractivity contribution in [3.63, 3.8) is 0 Å². The van der Waals surface area contributed by atoms with E-state index in [4.69, 9.17) is 44.5 Å². The first-order valence-electron chi connectivity index (χ1n) is 13.9. The highest BCUT2D eigenvalue weighted by Gasteiger charge is 2.58. The summed E-state index contributed by atoms with van der Waals surface area (Å²) < 4.78 is 7.02. The van der Waals surface area contributed by atoms with Gasteiger partial charge in [-0.05, 0) is 62.6 Å². The maximum atomic E-state index is 13.4. The number of esters is 1. The summed E-state index contributed by atoms with van der Waals surface area (Å²) in [5.74, 6) is -0.0185. The summed E-state index contributed by atoms with van der Waals surface area (Å²) in [7, 11) is 3.39. The number of carbonyl (C=O) groups excluding carboxylic acids is 2. The highest BCUT2D eigenvalue weighted by molar-refractivity contribution is 6.44. The Hall–Kier alpha value is -2.65. The van der Waals surface area contributed by atoms with Crippen LogP contribution in [0.3, 0.4) is 0 Å². The molecule has 41 heavy (non-hydrogen) atoms. The molecule has 0 saturated heterocycles. The van der Waals surface area contributed by atoms with Crippen LogP contribution in [0.5, 0.6) is 0 Å². The van der Waals surface area contributed by atoms with Crippen LogP contribution < -0.4 is 5.32 Å². The number of anilines is 1. The maximum Gasteiger partial charge on any atom is 0.311 e. The molecule has 11 heteroatoms. The highest BCUT2D eigenvalue weighted by atomic mass is 35.5. The van der Waals surface area contributed by atoms with Crippen LogP contribution in [-0.4, -0.2) is 51.5 Å². The van der Waals surface area contributed by atoms with Crippen LogP contribution in [0.2, 0.25) is 15.2 Å². The fourth-order valence-corrected chi connectivity index (χ4v) is 7.82. The number of methoxy groups -OCH3 is 1. The fourth-order valence-electron chi connectivity index (χ4n) is 7.17. The van der Waals surface area contributed by atoms with Gasteiger partial charge >= 0.3 is 5.97 Å². The molecule has 2 saturated carbocycles. The topological polar surface area (TPSA) is 89.3 Å². The van der Waals surface area contributed by atoms with Crippen LogP contribution in [0.1, 0.15) is 60.5 Å². The molecule has 2 aliphatic carbocycles. The molecule has 6 rings (SSSR count). The Morgan fingerprint density at radius 2 is 1.83 bits per heavy atom. The molecule has 1 N–H and O–H groups in total. The molecule has 0 spiro atoms. The number of pyridine rings is 1. The van der Waals surface area contributed by atoms with Crippen molar-refractivity contribution >= 4 is 52.4 Å². The lowest BCUT2D eigenvalue weighted by molar-refractivity contribution is -0.152. The Kier molecular flexibility index (Phi) is 7.55. The van der Waals surface area contributed by atoms with E-state index in [2.05, 4.69) is 15.2 Å². The number of nitrogens with one attached hydrogen (secondary N) is 1. The lowest BCUT2D eigenvalue weighted by Gasteiger charge is -2.32. The van der Waals surface area contributed by atoms with Crippen LogP contribution >= 0.6 is 34.8 Å². The van der Waals surface area contributed by atoms with Gasteiger partial charge < -0.3 is 14.6 Å². The van der Waals surface area contributed by atoms with Crippen LogP contribution in [-0.2, 0) is 29.5 Å². The van der Waals surface area contributed by atoms with E-state index in [1.807, 2.05) is 17.7 Å². The Labute approximate surface area is 254 Å². The van der Waals surface area contributed by atoms with Crippen molar-refractivity contribution in [2.24, 2.45) is 17.9 Å². The van der Waals surface area contributed by atoms with E-state index < -0.39 is 0 Å². The molecule has 1 amide bonds. The summed E-state index contributed by atoms with van der Waals surface area (Å²) in [6, 6.07) is 7.08. The van der Waals surface area contributed by atoms with Gasteiger partial charge in [-0.3, -0.25) is 14.5 Å². The van der Waals surface area contributed by atoms with Crippen LogP contribution in [0.4, 0.5) is 5.69 Å². The van der Waals surface area contributed by atoms with Crippen molar-refractivity contribution in [2.75, 3.05) is 25.5 Å². The van der Waals surface area contributed by atoms with Gasteiger partial charge in [-0.15, -0.1) is 0 Å². The molecular weight excluding hydrogens is 585 g/mol. The number of hydrogen-bond acceptors (Lipinski definition) is 6. The van der Waals surface area contributed by atoms with Gasteiger partial charge in [-0.2, -0.15) is 0 Å². The molecule has 3 aromatic rings. The second-order valence-corrected chi connectivity index (χ2v) is 12.8. The molecule has 1 aliphatic heterocycles. The molecule has 3 aliphatic rings. The molecule has 8 nitrogen and oxygen atoms in total. The van der Waals surface area contributed by atoms with Gasteiger partial charge in [0.15, 0.2) is 5.82 Å². The van der Waals surface area contributed by atoms with E-state index in [-0.39, 0.29) is 27.9 Å². The summed E-state index contributed by atoms with van der Waals surface area (Å²) in [5, 5.41) is 3.76. The molecular formula is C30H32Cl3N5O3. The number of aromatic nitrogens is 3. The molecule has 2 fully saturated rings. The van der Waals surface area contributed by atoms with E-state index in [0.29, 0.717) is 39.2 Å². The lowest BCUT2D eigenvalue weighted by Crippen LogP contribution is -2.34. The van der Waals surface area contributed by atoms with E-state index in [1.54, 1.807) is 24.4 Å². The third kappa shape index (κ3) is 5.03. The van der Waals surface area contributed by atoms with Gasteiger partial charge in [-0.25, -0.2) is 9.97 Å². The minimum Gasteiger partial charge on any atom is -0.469 e. The molecule has 2 bridgehead atoms. The summed E-state index contributed by atoms with van der Waals surface area (Å²) in [6.45, 7) is 2.57. The fraction of sp³-hybridized carbons (Fsp3) is 0.467. The molecule has 0 atom stereocenters. The number of carbonyl (C=O) groups is 2. The Balaban J connectivity index is 1.13. The molecule has 216 valence electrons. The summed E-state index contributed by atoms with van der Waals surface area (Å²) in [6.07, 6.45) is 8.48. The van der Waals surface area contributed by atoms with Gasteiger partial charge in [0, 0.05) is 49.6 Å². The number of hydrogen-bond donors (Lipinski definition) is 1. The van der Waals surface area contributed by atoms with Crippen molar-refractivity contribution in [3.8, 4) is 11.1 Å². The first-order valence-corrected chi connectivity index (χ1v) is 15.0. The standard InChI is InChI=1S/C30H32Cl3N5O3/c1-37-22-7-14-38(15-12-29-8-10-30(17-29,11-9-29)28(40)41-2)16-21(22)35-26(37)27(39)36-20-5-3-4-18(23(20)31)19-6-13-34-25(33)24(19)32/h3-6,13H,7-12,14-17H2,1-2H3,(H,36,39). The zero-order valence-electron chi connectivity index (χ0n) is 23.1. The number of nitrogens with zero attached hydrogens (tertiary/aromatic N) is 4. The third-order valence-electron chi connectivity index (χ3n) is 9.48. The summed E-state index contributed by atoms with van der Waals surface area (Å²) in [4.78, 5) is 37.0. The molecule has 0 unspecified atom stereocenters. The average molecular weight is 617 g/mol. The highest BCUT2D eigenvalue weighted by Crippen LogP contribution is 2.63. The van der Waals surface area contributed by atoms with Gasteiger partial charge in [0.1, 0.15) is 5.15 Å². The van der Waals surface area contributed by atoms with E-state index in [1.165, 1.54) is 7.11 Å². The molecule has 0 radical (unpaired) electrons. The zero-order chi connectivity index (χ0) is 28.9. The van der Waals surface area contributed by atoms with Gasteiger partial charge in [-0.1, -0.05) is 46.9 Å². The first kappa shape index (κ1) is 28.5. The van der Waals surface area contributed by atoms with Gasteiger partial charge in [0.05, 0.1) is 34.0 Å². The molecule has 2 aromatic heterocycles. The number of benzene rings is 1. The molecule has 1 aromatic carbocycles. The zero-order valence-corrected chi connectivity index (χ0v) is 25.4. The van der Waals surface area contributed by atoms with Crippen LogP contribution in [0, 0.1) is 10.8 Å². The normalized spacial score (nSPS) is 23.4. The number of amides is 1. The smallest absolute Gasteiger partial charge is 0.311 e. The minimum absolute atomic E-state index is 0.0302. The summed E-state index contributed by atoms with van der Waals surface area (Å²) in [5.41, 5.74) is 3.72.